The van der Waals surface area contributed by atoms with Crippen LogP contribution in [0, 0.1) is 10.1 Å². The molecule has 0 fully saturated rings. The third kappa shape index (κ3) is 3.37. The van der Waals surface area contributed by atoms with Gasteiger partial charge in [0.15, 0.2) is 5.69 Å². The number of nitrogens with zero attached hydrogens (tertiary/aromatic N) is 2. The van der Waals surface area contributed by atoms with Gasteiger partial charge in [-0.25, -0.2) is 4.98 Å². The van der Waals surface area contributed by atoms with E-state index in [2.05, 4.69) is 24.1 Å². The van der Waals surface area contributed by atoms with Gasteiger partial charge in [0.05, 0.1) is 4.92 Å². The first kappa shape index (κ1) is 15.0. The molecule has 0 amide bonds. The van der Waals surface area contributed by atoms with E-state index in [-0.39, 0.29) is 5.69 Å². The van der Waals surface area contributed by atoms with E-state index in [0.717, 1.165) is 12.1 Å². The van der Waals surface area contributed by atoms with Crippen molar-refractivity contribution in [1.82, 2.24) is 4.98 Å². The quantitative estimate of drug-likeness (QED) is 0.660. The monoisotopic (exact) mass is 285 g/mol. The van der Waals surface area contributed by atoms with Crippen LogP contribution in [0.15, 0.2) is 36.4 Å². The van der Waals surface area contributed by atoms with Gasteiger partial charge in [0, 0.05) is 18.2 Å². The summed E-state index contributed by atoms with van der Waals surface area (Å²) in [5.41, 5.74) is 2.37. The van der Waals surface area contributed by atoms with Gasteiger partial charge in [-0.2, -0.15) is 0 Å². The van der Waals surface area contributed by atoms with Crippen LogP contribution in [-0.2, 0) is 0 Å². The van der Waals surface area contributed by atoms with Crippen molar-refractivity contribution in [2.24, 2.45) is 0 Å². The second-order valence-corrected chi connectivity index (χ2v) is 5.13. The summed E-state index contributed by atoms with van der Waals surface area (Å²) in [7, 11) is 0. The lowest BCUT2D eigenvalue weighted by Gasteiger charge is -2.09. The molecule has 0 radical (unpaired) electrons. The highest BCUT2D eigenvalue weighted by atomic mass is 16.6. The first-order valence-corrected chi connectivity index (χ1v) is 7.02. The zero-order valence-electron chi connectivity index (χ0n) is 12.5. The smallest absolute Gasteiger partial charge is 0.295 e. The number of anilines is 1. The van der Waals surface area contributed by atoms with Gasteiger partial charge < -0.3 is 5.32 Å². The number of nitrogens with one attached hydrogen (secondary N) is 1. The molecule has 0 atom stereocenters. The Labute approximate surface area is 124 Å². The minimum atomic E-state index is -0.394. The molecule has 0 aliphatic heterocycles. The molecule has 0 spiro atoms. The van der Waals surface area contributed by atoms with Gasteiger partial charge in [0.2, 0.25) is 0 Å². The Kier molecular flexibility index (Phi) is 4.52. The van der Waals surface area contributed by atoms with E-state index >= 15 is 0 Å². The first-order valence-electron chi connectivity index (χ1n) is 7.02. The number of aromatic nitrogens is 1. The van der Waals surface area contributed by atoms with Crippen LogP contribution >= 0.6 is 0 Å². The van der Waals surface area contributed by atoms with E-state index in [1.165, 1.54) is 11.6 Å². The third-order valence-electron chi connectivity index (χ3n) is 3.28. The number of nitro groups is 1. The molecule has 0 bridgehead atoms. The lowest BCUT2D eigenvalue weighted by Crippen LogP contribution is -2.02. The summed E-state index contributed by atoms with van der Waals surface area (Å²) in [5.74, 6) is 1.07. The van der Waals surface area contributed by atoms with Crippen LogP contribution in [0.5, 0.6) is 0 Å². The van der Waals surface area contributed by atoms with Crippen LogP contribution < -0.4 is 5.32 Å². The van der Waals surface area contributed by atoms with Gasteiger partial charge in [-0.3, -0.25) is 10.1 Å². The van der Waals surface area contributed by atoms with Gasteiger partial charge in [-0.15, -0.1) is 0 Å². The highest BCUT2D eigenvalue weighted by molar-refractivity contribution is 5.71. The van der Waals surface area contributed by atoms with Gasteiger partial charge in [-0.05, 0) is 24.5 Å². The van der Waals surface area contributed by atoms with Crippen molar-refractivity contribution in [3.63, 3.8) is 0 Å². The Hall–Kier alpha value is -2.43. The van der Waals surface area contributed by atoms with E-state index in [9.17, 15) is 10.1 Å². The standard InChI is InChI=1S/C16H19N3O2/c1-4-17-15-10-9-14(19(20)21)16(18-15)13-7-5-12(6-8-13)11(2)3/h5-11H,4H2,1-3H3,(H,17,18). The molecule has 1 N–H and O–H groups in total. The molecular weight excluding hydrogens is 266 g/mol. The average molecular weight is 285 g/mol. The van der Waals surface area contributed by atoms with Gasteiger partial charge in [-0.1, -0.05) is 38.1 Å². The molecule has 5 nitrogen and oxygen atoms in total. The van der Waals surface area contributed by atoms with E-state index in [0.29, 0.717) is 17.4 Å². The molecule has 1 heterocycles. The fraction of sp³-hybridized carbons (Fsp3) is 0.312. The summed E-state index contributed by atoms with van der Waals surface area (Å²) < 4.78 is 0. The van der Waals surface area contributed by atoms with E-state index in [1.54, 1.807) is 6.07 Å². The first-order chi connectivity index (χ1) is 10.0. The molecule has 0 aliphatic carbocycles. The normalized spacial score (nSPS) is 10.7. The van der Waals surface area contributed by atoms with Crippen LogP contribution in [0.3, 0.4) is 0 Å². The zero-order chi connectivity index (χ0) is 15.4. The van der Waals surface area contributed by atoms with Gasteiger partial charge in [0.1, 0.15) is 5.82 Å². The Morgan fingerprint density at radius 3 is 2.38 bits per heavy atom. The largest absolute Gasteiger partial charge is 0.370 e. The molecule has 0 saturated carbocycles. The second-order valence-electron chi connectivity index (χ2n) is 5.13. The Balaban J connectivity index is 2.48. The predicted molar refractivity (Wildman–Crippen MR) is 84.6 cm³/mol. The molecule has 21 heavy (non-hydrogen) atoms. The summed E-state index contributed by atoms with van der Waals surface area (Å²) in [5, 5.41) is 14.3. The van der Waals surface area contributed by atoms with Crippen molar-refractivity contribution in [1.29, 1.82) is 0 Å². The SMILES string of the molecule is CCNc1ccc([N+](=O)[O-])c(-c2ccc(C(C)C)cc2)n1. The molecule has 1 aromatic heterocycles. The number of hydrogen-bond donors (Lipinski definition) is 1. The molecule has 0 saturated heterocycles. The summed E-state index contributed by atoms with van der Waals surface area (Å²) in [6.07, 6.45) is 0. The van der Waals surface area contributed by atoms with E-state index in [4.69, 9.17) is 0 Å². The van der Waals surface area contributed by atoms with Crippen LogP contribution in [0.4, 0.5) is 11.5 Å². The van der Waals surface area contributed by atoms with E-state index in [1.807, 2.05) is 31.2 Å². The molecule has 0 aliphatic rings. The predicted octanol–water partition coefficient (Wildman–Crippen LogP) is 4.21. The van der Waals surface area contributed by atoms with Crippen LogP contribution in [0.2, 0.25) is 0 Å². The lowest BCUT2D eigenvalue weighted by molar-refractivity contribution is -0.384. The minimum absolute atomic E-state index is 0.0222. The number of hydrogen-bond acceptors (Lipinski definition) is 4. The average Bonchev–Trinajstić information content (AvgIpc) is 2.47. The maximum absolute atomic E-state index is 11.2. The van der Waals surface area contributed by atoms with Crippen molar-refractivity contribution in [3.8, 4) is 11.3 Å². The molecule has 1 aromatic carbocycles. The topological polar surface area (TPSA) is 68.1 Å². The third-order valence-corrected chi connectivity index (χ3v) is 3.28. The zero-order valence-corrected chi connectivity index (χ0v) is 12.5. The number of benzene rings is 1. The van der Waals surface area contributed by atoms with Crippen molar-refractivity contribution >= 4 is 11.5 Å². The van der Waals surface area contributed by atoms with Gasteiger partial charge in [0.25, 0.3) is 5.69 Å². The van der Waals surface area contributed by atoms with Crippen molar-refractivity contribution in [3.05, 3.63) is 52.1 Å². The maximum Gasteiger partial charge on any atom is 0.295 e. The van der Waals surface area contributed by atoms with Gasteiger partial charge >= 0.3 is 0 Å². The molecule has 5 heteroatoms. The summed E-state index contributed by atoms with van der Waals surface area (Å²) in [4.78, 5) is 15.2. The second kappa shape index (κ2) is 6.35. The van der Waals surface area contributed by atoms with Crippen LogP contribution in [0.25, 0.3) is 11.3 Å². The fourth-order valence-corrected chi connectivity index (χ4v) is 2.12. The Bertz CT molecular complexity index is 636. The fourth-order valence-electron chi connectivity index (χ4n) is 2.12. The molecule has 110 valence electrons. The summed E-state index contributed by atoms with van der Waals surface area (Å²) in [6, 6.07) is 10.9. The summed E-state index contributed by atoms with van der Waals surface area (Å²) >= 11 is 0. The maximum atomic E-state index is 11.2. The Morgan fingerprint density at radius 2 is 1.86 bits per heavy atom. The lowest BCUT2D eigenvalue weighted by atomic mass is 10.0. The van der Waals surface area contributed by atoms with Crippen molar-refractivity contribution < 1.29 is 4.92 Å². The molecule has 2 rings (SSSR count). The highest BCUT2D eigenvalue weighted by Crippen LogP contribution is 2.30. The molecule has 0 unspecified atom stereocenters. The number of pyridine rings is 1. The minimum Gasteiger partial charge on any atom is -0.370 e. The van der Waals surface area contributed by atoms with Crippen molar-refractivity contribution in [2.45, 2.75) is 26.7 Å². The Morgan fingerprint density at radius 1 is 1.19 bits per heavy atom. The molecule has 2 aromatic rings. The van der Waals surface area contributed by atoms with Crippen molar-refractivity contribution in [2.75, 3.05) is 11.9 Å². The number of rotatable bonds is 5. The van der Waals surface area contributed by atoms with Crippen LogP contribution in [0.1, 0.15) is 32.3 Å². The van der Waals surface area contributed by atoms with Crippen LogP contribution in [-0.4, -0.2) is 16.5 Å². The molecular formula is C16H19N3O2. The summed E-state index contributed by atoms with van der Waals surface area (Å²) in [6.45, 7) is 6.90. The highest BCUT2D eigenvalue weighted by Gasteiger charge is 2.17. The van der Waals surface area contributed by atoms with E-state index < -0.39 is 4.92 Å².